The molecule has 1 aromatic rings. The molecule has 0 spiro atoms. The Labute approximate surface area is 115 Å². The van der Waals surface area contributed by atoms with Gasteiger partial charge in [0.15, 0.2) is 0 Å². The first kappa shape index (κ1) is 14.9. The fourth-order valence-electron chi connectivity index (χ4n) is 2.08. The van der Waals surface area contributed by atoms with Crippen LogP contribution in [0.2, 0.25) is 0 Å². The Hall–Kier alpha value is -1.51. The zero-order valence-corrected chi connectivity index (χ0v) is 11.5. The van der Waals surface area contributed by atoms with Crippen molar-refractivity contribution in [2.75, 3.05) is 13.2 Å². The molecule has 1 aliphatic rings. The van der Waals surface area contributed by atoms with E-state index >= 15 is 0 Å². The fourth-order valence-corrected chi connectivity index (χ4v) is 3.78. The van der Waals surface area contributed by atoms with E-state index in [2.05, 4.69) is 0 Å². The molecule has 20 heavy (non-hydrogen) atoms. The molecule has 0 amide bonds. The van der Waals surface area contributed by atoms with Crippen molar-refractivity contribution in [1.82, 2.24) is 4.31 Å². The van der Waals surface area contributed by atoms with Crippen molar-refractivity contribution in [3.63, 3.8) is 0 Å². The number of aromatic carboxylic acids is 1. The van der Waals surface area contributed by atoms with Gasteiger partial charge in [0.2, 0.25) is 10.0 Å². The third kappa shape index (κ3) is 2.30. The lowest BCUT2D eigenvalue weighted by atomic mass is 10.1. The molecule has 1 heterocycles. The summed E-state index contributed by atoms with van der Waals surface area (Å²) in [6.45, 7) is 1.18. The number of benzene rings is 1. The minimum Gasteiger partial charge on any atom is -0.478 e. The zero-order chi connectivity index (χ0) is 15.1. The minimum absolute atomic E-state index is 0.112. The van der Waals surface area contributed by atoms with Crippen LogP contribution in [0.1, 0.15) is 22.3 Å². The van der Waals surface area contributed by atoms with E-state index in [9.17, 15) is 17.6 Å². The molecule has 0 bridgehead atoms. The Morgan fingerprint density at radius 3 is 2.60 bits per heavy atom. The van der Waals surface area contributed by atoms with Crippen LogP contribution in [0.3, 0.4) is 0 Å². The van der Waals surface area contributed by atoms with Crippen molar-refractivity contribution in [2.24, 2.45) is 0 Å². The summed E-state index contributed by atoms with van der Waals surface area (Å²) in [6, 6.07) is 1.23. The largest absolute Gasteiger partial charge is 0.478 e. The molecule has 2 N–H and O–H groups in total. The topological polar surface area (TPSA) is 94.9 Å². The molecule has 1 fully saturated rings. The van der Waals surface area contributed by atoms with Gasteiger partial charge >= 0.3 is 5.97 Å². The Bertz CT molecular complexity index is 656. The van der Waals surface area contributed by atoms with Crippen molar-refractivity contribution >= 4 is 16.0 Å². The zero-order valence-electron chi connectivity index (χ0n) is 10.7. The van der Waals surface area contributed by atoms with Crippen molar-refractivity contribution in [1.29, 1.82) is 0 Å². The number of halogens is 1. The Kier molecular flexibility index (Phi) is 3.81. The van der Waals surface area contributed by atoms with Gasteiger partial charge in [0, 0.05) is 12.6 Å². The maximum Gasteiger partial charge on any atom is 0.336 e. The quantitative estimate of drug-likeness (QED) is 0.849. The number of aliphatic hydroxyl groups is 1. The number of nitrogens with zero attached hydrogens (tertiary/aromatic N) is 1. The molecule has 1 aliphatic heterocycles. The predicted octanol–water partition coefficient (Wildman–Crippen LogP) is 0.588. The first-order valence-corrected chi connectivity index (χ1v) is 7.39. The van der Waals surface area contributed by atoms with Crippen LogP contribution in [-0.4, -0.2) is 48.1 Å². The lowest BCUT2D eigenvalue weighted by Gasteiger charge is -2.38. The van der Waals surface area contributed by atoms with Crippen molar-refractivity contribution in [2.45, 2.75) is 24.3 Å². The molecule has 1 unspecified atom stereocenters. The average molecular weight is 303 g/mol. The standard InChI is InChI=1S/C12H14FNO5S/c1-7-10(12(16)17)4-9(5-11(7)13)20(18,19)14-3-2-8(14)6-15/h4-5,8,15H,2-3,6H2,1H3,(H,16,17). The van der Waals surface area contributed by atoms with Gasteiger partial charge in [-0.1, -0.05) is 0 Å². The molecule has 1 atom stereocenters. The van der Waals surface area contributed by atoms with Crippen LogP contribution in [0.5, 0.6) is 0 Å². The molecule has 110 valence electrons. The molecule has 0 radical (unpaired) electrons. The van der Waals surface area contributed by atoms with Gasteiger partial charge < -0.3 is 10.2 Å². The summed E-state index contributed by atoms with van der Waals surface area (Å²) < 4.78 is 39.3. The Morgan fingerprint density at radius 2 is 2.15 bits per heavy atom. The second-order valence-corrected chi connectivity index (χ2v) is 6.51. The molecule has 0 aromatic heterocycles. The minimum atomic E-state index is -3.99. The van der Waals surface area contributed by atoms with Gasteiger partial charge in [0.25, 0.3) is 0 Å². The number of carboxylic acids is 1. The SMILES string of the molecule is Cc1c(F)cc(S(=O)(=O)N2CCC2CO)cc1C(=O)O. The molecule has 0 aliphatic carbocycles. The lowest BCUT2D eigenvalue weighted by molar-refractivity contribution is 0.0695. The summed E-state index contributed by atoms with van der Waals surface area (Å²) in [6.07, 6.45) is 0.524. The van der Waals surface area contributed by atoms with Crippen molar-refractivity contribution < 1.29 is 27.8 Å². The highest BCUT2D eigenvalue weighted by Gasteiger charge is 2.38. The van der Waals surface area contributed by atoms with E-state index in [1.165, 1.54) is 6.92 Å². The van der Waals surface area contributed by atoms with E-state index in [1.807, 2.05) is 0 Å². The van der Waals surface area contributed by atoms with E-state index in [0.29, 0.717) is 6.42 Å². The van der Waals surface area contributed by atoms with Crippen LogP contribution >= 0.6 is 0 Å². The van der Waals surface area contributed by atoms with E-state index < -0.39 is 32.7 Å². The van der Waals surface area contributed by atoms with E-state index in [-0.39, 0.29) is 24.3 Å². The maximum atomic E-state index is 13.7. The number of hydrogen-bond donors (Lipinski definition) is 2. The van der Waals surface area contributed by atoms with Crippen LogP contribution < -0.4 is 0 Å². The van der Waals surface area contributed by atoms with E-state index in [4.69, 9.17) is 10.2 Å². The Morgan fingerprint density at radius 1 is 1.50 bits per heavy atom. The molecule has 6 nitrogen and oxygen atoms in total. The first-order chi connectivity index (χ1) is 9.28. The highest BCUT2D eigenvalue weighted by Crippen LogP contribution is 2.28. The molecular formula is C12H14FNO5S. The summed E-state index contributed by atoms with van der Waals surface area (Å²) in [5.74, 6) is -2.27. The second kappa shape index (κ2) is 5.12. The van der Waals surface area contributed by atoms with Gasteiger partial charge in [-0.3, -0.25) is 0 Å². The molecule has 1 aromatic carbocycles. The van der Waals surface area contributed by atoms with Crippen LogP contribution in [0.25, 0.3) is 0 Å². The van der Waals surface area contributed by atoms with E-state index in [0.717, 1.165) is 16.4 Å². The number of rotatable bonds is 4. The summed E-state index contributed by atoms with van der Waals surface area (Å²) in [5.41, 5.74) is -0.497. The lowest BCUT2D eigenvalue weighted by Crippen LogP contribution is -2.52. The normalized spacial score (nSPS) is 19.6. The fraction of sp³-hybridized carbons (Fsp3) is 0.417. The van der Waals surface area contributed by atoms with Crippen LogP contribution in [0, 0.1) is 12.7 Å². The van der Waals surface area contributed by atoms with E-state index in [1.54, 1.807) is 0 Å². The maximum absolute atomic E-state index is 13.7. The van der Waals surface area contributed by atoms with Gasteiger partial charge in [-0.15, -0.1) is 0 Å². The van der Waals surface area contributed by atoms with Gasteiger partial charge in [0.1, 0.15) is 5.82 Å². The summed E-state index contributed by atoms with van der Waals surface area (Å²) in [7, 11) is -3.99. The second-order valence-electron chi connectivity index (χ2n) is 4.62. The Balaban J connectivity index is 2.50. The average Bonchev–Trinajstić information content (AvgIpc) is 2.30. The highest BCUT2D eigenvalue weighted by atomic mass is 32.2. The molecule has 8 heteroatoms. The number of aliphatic hydroxyl groups excluding tert-OH is 1. The molecule has 0 saturated carbocycles. The summed E-state index contributed by atoms with van der Waals surface area (Å²) >= 11 is 0. The van der Waals surface area contributed by atoms with Gasteiger partial charge in [-0.05, 0) is 31.0 Å². The smallest absolute Gasteiger partial charge is 0.336 e. The van der Waals surface area contributed by atoms with Crippen LogP contribution in [0.4, 0.5) is 4.39 Å². The predicted molar refractivity (Wildman–Crippen MR) is 67.5 cm³/mol. The number of carboxylic acid groups (broad SMARTS) is 1. The van der Waals surface area contributed by atoms with Crippen molar-refractivity contribution in [3.05, 3.63) is 29.1 Å². The number of carbonyl (C=O) groups is 1. The van der Waals surface area contributed by atoms with Gasteiger partial charge in [0.05, 0.1) is 17.1 Å². The van der Waals surface area contributed by atoms with Gasteiger partial charge in [-0.25, -0.2) is 17.6 Å². The third-order valence-corrected chi connectivity index (χ3v) is 5.39. The molecule has 2 rings (SSSR count). The molecular weight excluding hydrogens is 289 g/mol. The number of hydrogen-bond acceptors (Lipinski definition) is 4. The highest BCUT2D eigenvalue weighted by molar-refractivity contribution is 7.89. The van der Waals surface area contributed by atoms with Gasteiger partial charge in [-0.2, -0.15) is 4.31 Å². The monoisotopic (exact) mass is 303 g/mol. The van der Waals surface area contributed by atoms with Crippen LogP contribution in [-0.2, 0) is 10.0 Å². The summed E-state index contributed by atoms with van der Waals surface area (Å²) in [4.78, 5) is 10.6. The van der Waals surface area contributed by atoms with Crippen LogP contribution in [0.15, 0.2) is 17.0 Å². The first-order valence-electron chi connectivity index (χ1n) is 5.95. The number of sulfonamides is 1. The summed E-state index contributed by atoms with van der Waals surface area (Å²) in [5, 5.41) is 18.0. The third-order valence-electron chi connectivity index (χ3n) is 3.46. The van der Waals surface area contributed by atoms with Crippen molar-refractivity contribution in [3.8, 4) is 0 Å². The molecule has 1 saturated heterocycles.